The third-order valence-corrected chi connectivity index (χ3v) is 6.73. The fourth-order valence-corrected chi connectivity index (χ4v) is 4.64. The summed E-state index contributed by atoms with van der Waals surface area (Å²) in [4.78, 5) is 33.7. The molecule has 3 rings (SSSR count). The average molecular weight is 498 g/mol. The fourth-order valence-electron chi connectivity index (χ4n) is 3.13. The van der Waals surface area contributed by atoms with Crippen LogP contribution in [0.15, 0.2) is 47.5 Å². The summed E-state index contributed by atoms with van der Waals surface area (Å²) in [6, 6.07) is 6.37. The number of carbonyl (C=O) groups is 2. The molecule has 1 aromatic carbocycles. The van der Waals surface area contributed by atoms with E-state index in [0.29, 0.717) is 5.75 Å². The number of carbonyl (C=O) groups excluding carboxylic acids is 2. The second kappa shape index (κ2) is 11.2. The van der Waals surface area contributed by atoms with E-state index in [1.165, 1.54) is 48.4 Å². The molecular weight excluding hydrogens is 475 g/mol. The van der Waals surface area contributed by atoms with Gasteiger partial charge in [0.05, 0.1) is 19.3 Å². The first-order valence-electron chi connectivity index (χ1n) is 9.99. The van der Waals surface area contributed by atoms with Crippen molar-refractivity contribution in [3.63, 3.8) is 0 Å². The number of aromatic nitrogens is 1. The van der Waals surface area contributed by atoms with Crippen LogP contribution in [0.3, 0.4) is 0 Å². The number of nitrogens with zero attached hydrogens (tertiary/aromatic N) is 3. The Hall–Kier alpha value is -3.33. The van der Waals surface area contributed by atoms with Gasteiger partial charge in [-0.15, -0.1) is 0 Å². The van der Waals surface area contributed by atoms with E-state index in [-0.39, 0.29) is 43.6 Å². The Morgan fingerprint density at radius 1 is 1.15 bits per heavy atom. The molecule has 1 aromatic heterocycles. The Kier molecular flexibility index (Phi) is 8.33. The summed E-state index contributed by atoms with van der Waals surface area (Å²) in [5.74, 6) is 3.91. The molecule has 0 unspecified atom stereocenters. The molecule has 1 saturated heterocycles. The summed E-state index contributed by atoms with van der Waals surface area (Å²) in [7, 11) is -2.78. The first-order valence-corrected chi connectivity index (χ1v) is 11.4. The normalized spacial score (nSPS) is 16.7. The number of hydrogen-bond donors (Lipinski definition) is 1. The summed E-state index contributed by atoms with van der Waals surface area (Å²) in [6.45, 7) is -0.381. The van der Waals surface area contributed by atoms with Crippen LogP contribution in [0, 0.1) is 5.82 Å². The maximum Gasteiger partial charge on any atom is 0.409 e. The predicted octanol–water partition coefficient (Wildman–Crippen LogP) is 0.888. The lowest BCUT2D eigenvalue weighted by Crippen LogP contribution is -2.60. The Bertz CT molecular complexity index is 1100. The highest BCUT2D eigenvalue weighted by molar-refractivity contribution is 7.89. The number of benzene rings is 1. The van der Waals surface area contributed by atoms with Crippen molar-refractivity contribution in [1.82, 2.24) is 14.2 Å². The second-order valence-corrected chi connectivity index (χ2v) is 8.90. The van der Waals surface area contributed by atoms with Crippen LogP contribution in [0.5, 0.6) is 11.6 Å². The summed E-state index contributed by atoms with van der Waals surface area (Å²) in [6.07, 6.45) is 0.331. The third-order valence-electron chi connectivity index (χ3n) is 4.84. The maximum absolute atomic E-state index is 13.2. The van der Waals surface area contributed by atoms with Gasteiger partial charge in [0.2, 0.25) is 15.9 Å². The van der Waals surface area contributed by atoms with E-state index in [4.69, 9.17) is 20.1 Å². The molecule has 34 heavy (non-hydrogen) atoms. The number of nitrogens with two attached hydrogens (primary N) is 1. The molecule has 12 nitrogen and oxygen atoms in total. The number of rotatable bonds is 8. The van der Waals surface area contributed by atoms with E-state index in [2.05, 4.69) is 9.82 Å². The maximum atomic E-state index is 13.2. The van der Waals surface area contributed by atoms with Gasteiger partial charge in [-0.2, -0.15) is 10.2 Å². The second-order valence-electron chi connectivity index (χ2n) is 7.01. The van der Waals surface area contributed by atoms with Crippen molar-refractivity contribution in [2.24, 2.45) is 5.90 Å². The van der Waals surface area contributed by atoms with E-state index in [0.717, 1.165) is 10.5 Å². The molecule has 0 saturated carbocycles. The number of halogens is 1. The van der Waals surface area contributed by atoms with Gasteiger partial charge in [-0.3, -0.25) is 0 Å². The van der Waals surface area contributed by atoms with Crippen LogP contribution in [0.4, 0.5) is 9.18 Å². The SMILES string of the molecule is COCCOC(=O)N1CCN(S(=O)(=O)c2ccc(Oc3ccc(F)cc3)nc2)[C@@H](C(=O)ON)C1. The van der Waals surface area contributed by atoms with Crippen molar-refractivity contribution in [2.45, 2.75) is 10.9 Å². The summed E-state index contributed by atoms with van der Waals surface area (Å²) in [5, 5.41) is 0. The van der Waals surface area contributed by atoms with Gasteiger partial charge in [0.1, 0.15) is 29.1 Å². The van der Waals surface area contributed by atoms with Crippen molar-refractivity contribution in [3.8, 4) is 11.6 Å². The molecule has 1 fully saturated rings. The zero-order chi connectivity index (χ0) is 24.7. The van der Waals surface area contributed by atoms with Gasteiger partial charge in [-0.1, -0.05) is 0 Å². The minimum atomic E-state index is -4.22. The van der Waals surface area contributed by atoms with Gasteiger partial charge in [-0.05, 0) is 30.3 Å². The lowest BCUT2D eigenvalue weighted by molar-refractivity contribution is -0.150. The van der Waals surface area contributed by atoms with Crippen LogP contribution in [-0.2, 0) is 29.1 Å². The summed E-state index contributed by atoms with van der Waals surface area (Å²) < 4.78 is 55.6. The largest absolute Gasteiger partial charge is 0.447 e. The monoisotopic (exact) mass is 498 g/mol. The van der Waals surface area contributed by atoms with Gasteiger partial charge in [0.15, 0.2) is 0 Å². The van der Waals surface area contributed by atoms with E-state index in [1.54, 1.807) is 0 Å². The molecule has 1 amide bonds. The molecule has 0 bridgehead atoms. The van der Waals surface area contributed by atoms with Crippen LogP contribution in [0.2, 0.25) is 0 Å². The van der Waals surface area contributed by atoms with Crippen LogP contribution < -0.4 is 10.6 Å². The zero-order valence-electron chi connectivity index (χ0n) is 18.1. The first-order chi connectivity index (χ1) is 16.3. The lowest BCUT2D eigenvalue weighted by Gasteiger charge is -2.38. The highest BCUT2D eigenvalue weighted by Gasteiger charge is 2.42. The molecule has 2 aromatic rings. The van der Waals surface area contributed by atoms with E-state index >= 15 is 0 Å². The van der Waals surface area contributed by atoms with Gasteiger partial charge in [0, 0.05) is 26.3 Å². The molecule has 1 aliphatic heterocycles. The summed E-state index contributed by atoms with van der Waals surface area (Å²) in [5.41, 5.74) is 0. The predicted molar refractivity (Wildman–Crippen MR) is 113 cm³/mol. The highest BCUT2D eigenvalue weighted by atomic mass is 32.2. The molecule has 1 aliphatic rings. The van der Waals surface area contributed by atoms with Gasteiger partial charge >= 0.3 is 12.1 Å². The molecule has 0 spiro atoms. The number of methoxy groups -OCH3 is 1. The molecule has 1 atom stereocenters. The highest BCUT2D eigenvalue weighted by Crippen LogP contribution is 2.25. The topological polar surface area (TPSA) is 151 Å². The number of ether oxygens (including phenoxy) is 3. The zero-order valence-corrected chi connectivity index (χ0v) is 18.9. The smallest absolute Gasteiger partial charge is 0.409 e. The number of pyridine rings is 1. The molecule has 2 heterocycles. The van der Waals surface area contributed by atoms with E-state index in [1.807, 2.05) is 0 Å². The number of sulfonamides is 1. The van der Waals surface area contributed by atoms with Crippen LogP contribution in [0.1, 0.15) is 0 Å². The van der Waals surface area contributed by atoms with Gasteiger partial charge in [-0.25, -0.2) is 27.4 Å². The van der Waals surface area contributed by atoms with Gasteiger partial charge < -0.3 is 23.9 Å². The number of piperazine rings is 1. The molecule has 0 radical (unpaired) electrons. The first kappa shape index (κ1) is 25.3. The lowest BCUT2D eigenvalue weighted by atomic mass is 10.2. The fraction of sp³-hybridized carbons (Fsp3) is 0.350. The minimum Gasteiger partial charge on any atom is -0.447 e. The molecular formula is C20H23FN4O8S. The number of hydrogen-bond acceptors (Lipinski definition) is 10. The van der Waals surface area contributed by atoms with E-state index < -0.39 is 33.9 Å². The van der Waals surface area contributed by atoms with Crippen LogP contribution in [0.25, 0.3) is 0 Å². The summed E-state index contributed by atoms with van der Waals surface area (Å²) >= 11 is 0. The molecule has 2 N–H and O–H groups in total. The average Bonchev–Trinajstić information content (AvgIpc) is 2.85. The van der Waals surface area contributed by atoms with Gasteiger partial charge in [0.25, 0.3) is 0 Å². The minimum absolute atomic E-state index is 0.00212. The third kappa shape index (κ3) is 5.96. The Labute approximate surface area is 195 Å². The van der Waals surface area contributed by atoms with Crippen molar-refractivity contribution in [2.75, 3.05) is 40.0 Å². The Morgan fingerprint density at radius 3 is 2.50 bits per heavy atom. The quantitative estimate of drug-likeness (QED) is 0.410. The van der Waals surface area contributed by atoms with Crippen LogP contribution in [-0.4, -0.2) is 80.7 Å². The molecule has 184 valence electrons. The van der Waals surface area contributed by atoms with E-state index in [9.17, 15) is 22.4 Å². The number of amides is 1. The van der Waals surface area contributed by atoms with Crippen molar-refractivity contribution < 1.29 is 41.4 Å². The van der Waals surface area contributed by atoms with Crippen molar-refractivity contribution in [1.29, 1.82) is 0 Å². The van der Waals surface area contributed by atoms with Crippen molar-refractivity contribution in [3.05, 3.63) is 48.4 Å². The van der Waals surface area contributed by atoms with Crippen LogP contribution >= 0.6 is 0 Å². The Morgan fingerprint density at radius 2 is 1.88 bits per heavy atom. The standard InChI is InChI=1S/C20H23FN4O8S/c1-30-10-11-31-20(27)24-8-9-25(17(13-24)19(26)33-22)34(28,29)16-6-7-18(23-12-16)32-15-4-2-14(21)3-5-15/h2-7,12,17H,8-11,13,22H2,1H3/t17-/m1/s1. The molecule has 0 aliphatic carbocycles. The van der Waals surface area contributed by atoms with Crippen molar-refractivity contribution >= 4 is 22.1 Å². The Balaban J connectivity index is 1.75. The molecule has 14 heteroatoms.